The van der Waals surface area contributed by atoms with Crippen LogP contribution >= 0.6 is 0 Å². The maximum Gasteiger partial charge on any atom is 0.135 e. The number of aromatic nitrogens is 1. The maximum atomic E-state index is 15.0. The van der Waals surface area contributed by atoms with E-state index in [9.17, 15) is 4.39 Å². The van der Waals surface area contributed by atoms with Gasteiger partial charge in [0.1, 0.15) is 11.6 Å². The minimum atomic E-state index is -0.551. The highest BCUT2D eigenvalue weighted by Crippen LogP contribution is 2.65. The molecule has 0 radical (unpaired) electrons. The van der Waals surface area contributed by atoms with Crippen LogP contribution in [0.2, 0.25) is 0 Å². The lowest BCUT2D eigenvalue weighted by molar-refractivity contribution is 0.573. The van der Waals surface area contributed by atoms with Gasteiger partial charge in [0.15, 0.2) is 0 Å². The van der Waals surface area contributed by atoms with Crippen molar-refractivity contribution in [2.45, 2.75) is 25.7 Å². The molecule has 1 unspecified atom stereocenters. The molecule has 1 aromatic heterocycles. The Kier molecular flexibility index (Phi) is 4.50. The number of fused-ring (bicyclic) bond motifs is 4. The fraction of sp³-hybridized carbons (Fsp3) is 0.231. The Bertz CT molecular complexity index is 1310. The fourth-order valence-electron chi connectivity index (χ4n) is 4.73. The lowest BCUT2D eigenvalue weighted by Gasteiger charge is -2.27. The summed E-state index contributed by atoms with van der Waals surface area (Å²) in [5.41, 5.74) is 5.05. The maximum absolute atomic E-state index is 15.0. The summed E-state index contributed by atoms with van der Waals surface area (Å²) in [5, 5.41) is 5.23. The molecule has 0 amide bonds. The predicted octanol–water partition coefficient (Wildman–Crippen LogP) is 5.69. The first-order chi connectivity index (χ1) is 14.9. The average Bonchev–Trinajstić information content (AvgIpc) is 3.41. The van der Waals surface area contributed by atoms with Crippen LogP contribution in [0.15, 0.2) is 71.0 Å². The molecule has 1 heterocycles. The lowest BCUT2D eigenvalue weighted by atomic mass is 9.78. The van der Waals surface area contributed by atoms with E-state index in [1.807, 2.05) is 50.3 Å². The smallest absolute Gasteiger partial charge is 0.135 e. The molecule has 2 aliphatic rings. The second-order valence-electron chi connectivity index (χ2n) is 8.34. The van der Waals surface area contributed by atoms with Crippen LogP contribution in [0.4, 0.5) is 8.78 Å². The molecule has 0 saturated heterocycles. The number of pyridine rings is 1. The van der Waals surface area contributed by atoms with Crippen LogP contribution in [0.25, 0.3) is 22.0 Å². The third-order valence-corrected chi connectivity index (χ3v) is 6.30. The van der Waals surface area contributed by atoms with Crippen LogP contribution in [0.1, 0.15) is 31.4 Å². The first kappa shape index (κ1) is 19.6. The molecule has 3 aromatic rings. The zero-order valence-corrected chi connectivity index (χ0v) is 17.8. The molecular weight excluding hydrogens is 392 g/mol. The van der Waals surface area contributed by atoms with E-state index in [0.717, 1.165) is 33.8 Å². The lowest BCUT2D eigenvalue weighted by Crippen LogP contribution is -2.26. The number of allylic oxidation sites excluding steroid dienone is 3. The van der Waals surface area contributed by atoms with E-state index >= 15 is 4.39 Å². The van der Waals surface area contributed by atoms with Crippen LogP contribution < -0.4 is 5.32 Å². The number of benzene rings is 2. The third kappa shape index (κ3) is 3.07. The van der Waals surface area contributed by atoms with Crippen molar-refractivity contribution >= 4 is 16.5 Å². The standard InChI is InChI=1S/C26H23F2N3/c1-15(29-3)10-16(2)31-14-17-12-26(13-17)23-21(28)11-20(27)22(24(23)26)25-19-7-5-4-6-18(19)8-9-30-25/h4-12,31H,13-14H2,1-3H3/b16-10-,29-15-. The Labute approximate surface area is 180 Å². The van der Waals surface area contributed by atoms with E-state index in [0.29, 0.717) is 29.8 Å². The topological polar surface area (TPSA) is 37.3 Å². The summed E-state index contributed by atoms with van der Waals surface area (Å²) in [7, 11) is 1.76. The van der Waals surface area contributed by atoms with Gasteiger partial charge in [0, 0.05) is 59.2 Å². The van der Waals surface area contributed by atoms with Gasteiger partial charge in [0.05, 0.1) is 5.69 Å². The van der Waals surface area contributed by atoms with Gasteiger partial charge in [-0.25, -0.2) is 8.78 Å². The summed E-state index contributed by atoms with van der Waals surface area (Å²) < 4.78 is 29.7. The Morgan fingerprint density at radius 2 is 1.94 bits per heavy atom. The number of nitrogens with zero attached hydrogens (tertiary/aromatic N) is 2. The number of hydrogen-bond donors (Lipinski definition) is 1. The van der Waals surface area contributed by atoms with Crippen molar-refractivity contribution in [1.29, 1.82) is 0 Å². The normalized spacial score (nSPS) is 19.8. The highest BCUT2D eigenvalue weighted by Gasteiger charge is 2.58. The number of hydrogen-bond acceptors (Lipinski definition) is 3. The van der Waals surface area contributed by atoms with Crippen LogP contribution in [-0.2, 0) is 5.41 Å². The minimum absolute atomic E-state index is 0.433. The van der Waals surface area contributed by atoms with Crippen molar-refractivity contribution in [3.8, 4) is 11.3 Å². The molecule has 2 aliphatic carbocycles. The Morgan fingerprint density at radius 3 is 2.71 bits per heavy atom. The van der Waals surface area contributed by atoms with Gasteiger partial charge in [-0.15, -0.1) is 0 Å². The highest BCUT2D eigenvalue weighted by atomic mass is 19.1. The van der Waals surface area contributed by atoms with Crippen molar-refractivity contribution < 1.29 is 8.78 Å². The van der Waals surface area contributed by atoms with Crippen molar-refractivity contribution in [1.82, 2.24) is 10.3 Å². The first-order valence-electron chi connectivity index (χ1n) is 10.4. The van der Waals surface area contributed by atoms with E-state index in [2.05, 4.69) is 21.4 Å². The van der Waals surface area contributed by atoms with Crippen LogP contribution in [0, 0.1) is 11.6 Å². The quantitative estimate of drug-likeness (QED) is 0.429. The number of halogens is 2. The van der Waals surface area contributed by atoms with Gasteiger partial charge >= 0.3 is 0 Å². The summed E-state index contributed by atoms with van der Waals surface area (Å²) in [6.45, 7) is 4.62. The zero-order valence-electron chi connectivity index (χ0n) is 17.8. The Balaban J connectivity index is 1.49. The second kappa shape index (κ2) is 7.12. The second-order valence-corrected chi connectivity index (χ2v) is 8.34. The van der Waals surface area contributed by atoms with E-state index in [1.165, 1.54) is 5.57 Å². The molecule has 0 aliphatic heterocycles. The summed E-state index contributed by atoms with van der Waals surface area (Å²) in [4.78, 5) is 8.62. The number of aliphatic imine (C=N–C) groups is 1. The van der Waals surface area contributed by atoms with E-state index in [1.54, 1.807) is 13.2 Å². The molecule has 0 bridgehead atoms. The minimum Gasteiger partial charge on any atom is -0.385 e. The zero-order chi connectivity index (χ0) is 21.8. The van der Waals surface area contributed by atoms with Crippen LogP contribution in [-0.4, -0.2) is 24.3 Å². The Hall–Kier alpha value is -3.34. The molecule has 156 valence electrons. The SMILES string of the molecule is C/N=C(C)\C=C(\C)NCC1=CC2(C1)c1c(F)cc(F)c(-c3nccc4ccccc34)c12. The molecule has 1 spiro atoms. The van der Waals surface area contributed by atoms with Crippen molar-refractivity contribution in [3.05, 3.63) is 88.8 Å². The summed E-state index contributed by atoms with van der Waals surface area (Å²) in [5.74, 6) is -1.02. The fourth-order valence-corrected chi connectivity index (χ4v) is 4.73. The molecule has 1 N–H and O–H groups in total. The molecule has 5 heteroatoms. The molecule has 0 saturated carbocycles. The van der Waals surface area contributed by atoms with E-state index in [4.69, 9.17) is 0 Å². The summed E-state index contributed by atoms with van der Waals surface area (Å²) >= 11 is 0. The van der Waals surface area contributed by atoms with Crippen LogP contribution in [0.5, 0.6) is 0 Å². The van der Waals surface area contributed by atoms with Crippen molar-refractivity contribution in [2.75, 3.05) is 13.6 Å². The average molecular weight is 415 g/mol. The number of nitrogens with one attached hydrogen (secondary N) is 1. The first-order valence-corrected chi connectivity index (χ1v) is 10.4. The van der Waals surface area contributed by atoms with Gasteiger partial charge in [0.25, 0.3) is 0 Å². The molecule has 31 heavy (non-hydrogen) atoms. The Morgan fingerprint density at radius 1 is 1.16 bits per heavy atom. The van der Waals surface area contributed by atoms with Crippen molar-refractivity contribution in [2.24, 2.45) is 4.99 Å². The third-order valence-electron chi connectivity index (χ3n) is 6.30. The highest BCUT2D eigenvalue weighted by molar-refractivity contribution is 5.98. The molecule has 1 atom stereocenters. The van der Waals surface area contributed by atoms with Gasteiger partial charge in [-0.2, -0.15) is 0 Å². The van der Waals surface area contributed by atoms with Gasteiger partial charge in [-0.05, 0) is 43.4 Å². The molecule has 2 aromatic carbocycles. The molecule has 0 fully saturated rings. The van der Waals surface area contributed by atoms with E-state index in [-0.39, 0.29) is 0 Å². The van der Waals surface area contributed by atoms with Gasteiger partial charge in [-0.3, -0.25) is 9.98 Å². The summed E-state index contributed by atoms with van der Waals surface area (Å²) in [6.07, 6.45) is 6.45. The summed E-state index contributed by atoms with van der Waals surface area (Å²) in [6, 6.07) is 10.7. The number of rotatable bonds is 5. The monoisotopic (exact) mass is 415 g/mol. The van der Waals surface area contributed by atoms with Gasteiger partial charge in [-0.1, -0.05) is 35.9 Å². The molecule has 3 nitrogen and oxygen atoms in total. The predicted molar refractivity (Wildman–Crippen MR) is 121 cm³/mol. The van der Waals surface area contributed by atoms with E-state index < -0.39 is 17.0 Å². The van der Waals surface area contributed by atoms with Gasteiger partial charge < -0.3 is 5.32 Å². The largest absolute Gasteiger partial charge is 0.385 e. The van der Waals surface area contributed by atoms with Crippen molar-refractivity contribution in [3.63, 3.8) is 0 Å². The van der Waals surface area contributed by atoms with Gasteiger partial charge in [0.2, 0.25) is 0 Å². The molecule has 5 rings (SSSR count). The molecular formula is C26H23F2N3. The van der Waals surface area contributed by atoms with Crippen LogP contribution in [0.3, 0.4) is 0 Å².